The van der Waals surface area contributed by atoms with Gasteiger partial charge in [-0.3, -0.25) is 4.79 Å². The number of benzene rings is 1. The van der Waals surface area contributed by atoms with E-state index in [1.807, 2.05) is 30.0 Å². The average molecular weight is 290 g/mol. The number of carbonyl (C=O) groups is 1. The molecule has 2 rings (SSSR count). The third-order valence-electron chi connectivity index (χ3n) is 4.16. The number of nitrogens with one attached hydrogen (secondary N) is 1. The molecule has 1 amide bonds. The van der Waals surface area contributed by atoms with Crippen LogP contribution in [0.15, 0.2) is 30.3 Å². The smallest absolute Gasteiger partial charge is 0.242 e. The van der Waals surface area contributed by atoms with Crippen molar-refractivity contribution in [1.82, 2.24) is 10.2 Å². The molecule has 1 atom stereocenters. The van der Waals surface area contributed by atoms with Crippen LogP contribution in [0.4, 0.5) is 0 Å². The summed E-state index contributed by atoms with van der Waals surface area (Å²) in [5.74, 6) is 0.183. The molecule has 1 saturated heterocycles. The maximum Gasteiger partial charge on any atom is 0.242 e. The quantitative estimate of drug-likeness (QED) is 0.873. The van der Waals surface area contributed by atoms with Gasteiger partial charge in [-0.25, -0.2) is 0 Å². The highest BCUT2D eigenvalue weighted by Gasteiger charge is 2.37. The Balaban J connectivity index is 2.09. The number of ether oxygens (including phenoxy) is 1. The van der Waals surface area contributed by atoms with Crippen molar-refractivity contribution < 1.29 is 9.53 Å². The number of rotatable bonds is 6. The molecule has 0 saturated carbocycles. The van der Waals surface area contributed by atoms with Crippen LogP contribution in [0, 0.1) is 0 Å². The average Bonchev–Trinajstić information content (AvgIpc) is 2.52. The number of nitrogens with zero attached hydrogens (tertiary/aromatic N) is 1. The second-order valence-electron chi connectivity index (χ2n) is 5.92. The SMILES string of the molecule is COCCN(Cc1ccccc1)C(=O)C1(C)CCCCN1. The number of hydrogen-bond donors (Lipinski definition) is 1. The molecule has 116 valence electrons. The van der Waals surface area contributed by atoms with Gasteiger partial charge >= 0.3 is 0 Å². The van der Waals surface area contributed by atoms with Crippen LogP contribution in [0.5, 0.6) is 0 Å². The molecule has 1 aromatic rings. The summed E-state index contributed by atoms with van der Waals surface area (Å²) in [6.45, 7) is 4.78. The van der Waals surface area contributed by atoms with Gasteiger partial charge in [0, 0.05) is 20.2 Å². The van der Waals surface area contributed by atoms with Crippen molar-refractivity contribution in [1.29, 1.82) is 0 Å². The van der Waals surface area contributed by atoms with E-state index in [4.69, 9.17) is 4.74 Å². The predicted octanol–water partition coefficient (Wildman–Crippen LogP) is 2.19. The molecule has 0 aromatic heterocycles. The summed E-state index contributed by atoms with van der Waals surface area (Å²) in [7, 11) is 1.67. The lowest BCUT2D eigenvalue weighted by atomic mass is 9.89. The van der Waals surface area contributed by atoms with E-state index in [9.17, 15) is 4.79 Å². The molecule has 0 spiro atoms. The van der Waals surface area contributed by atoms with E-state index in [0.29, 0.717) is 19.7 Å². The Hall–Kier alpha value is -1.39. The van der Waals surface area contributed by atoms with Gasteiger partial charge < -0.3 is 15.0 Å². The fraction of sp³-hybridized carbons (Fsp3) is 0.588. The van der Waals surface area contributed by atoms with Gasteiger partial charge in [0.05, 0.1) is 12.1 Å². The van der Waals surface area contributed by atoms with Gasteiger partial charge in [0.2, 0.25) is 5.91 Å². The zero-order valence-corrected chi connectivity index (χ0v) is 13.1. The summed E-state index contributed by atoms with van der Waals surface area (Å²) < 4.78 is 5.17. The highest BCUT2D eigenvalue weighted by molar-refractivity contribution is 5.86. The Morgan fingerprint density at radius 3 is 2.71 bits per heavy atom. The van der Waals surface area contributed by atoms with E-state index in [1.165, 1.54) is 0 Å². The fourth-order valence-electron chi connectivity index (χ4n) is 2.85. The molecule has 1 N–H and O–H groups in total. The van der Waals surface area contributed by atoms with Crippen molar-refractivity contribution >= 4 is 5.91 Å². The molecular weight excluding hydrogens is 264 g/mol. The number of methoxy groups -OCH3 is 1. The first-order chi connectivity index (χ1) is 10.2. The minimum Gasteiger partial charge on any atom is -0.383 e. The zero-order chi connectivity index (χ0) is 15.1. The molecule has 4 nitrogen and oxygen atoms in total. The first-order valence-corrected chi connectivity index (χ1v) is 7.73. The highest BCUT2D eigenvalue weighted by atomic mass is 16.5. The molecule has 0 bridgehead atoms. The van der Waals surface area contributed by atoms with Crippen LogP contribution >= 0.6 is 0 Å². The normalized spacial score (nSPS) is 22.0. The molecule has 0 aliphatic carbocycles. The zero-order valence-electron chi connectivity index (χ0n) is 13.1. The van der Waals surface area contributed by atoms with Crippen molar-refractivity contribution in [2.75, 3.05) is 26.8 Å². The van der Waals surface area contributed by atoms with E-state index in [1.54, 1.807) is 7.11 Å². The topological polar surface area (TPSA) is 41.6 Å². The second-order valence-corrected chi connectivity index (χ2v) is 5.92. The van der Waals surface area contributed by atoms with Crippen LogP contribution in [0.25, 0.3) is 0 Å². The van der Waals surface area contributed by atoms with E-state index in [2.05, 4.69) is 17.4 Å². The first-order valence-electron chi connectivity index (χ1n) is 7.73. The van der Waals surface area contributed by atoms with Crippen molar-refractivity contribution in [3.8, 4) is 0 Å². The summed E-state index contributed by atoms with van der Waals surface area (Å²) in [5.41, 5.74) is 0.724. The maximum absolute atomic E-state index is 12.9. The molecule has 1 heterocycles. The second kappa shape index (κ2) is 7.57. The van der Waals surface area contributed by atoms with Crippen LogP contribution in [-0.2, 0) is 16.1 Å². The Labute approximate surface area is 127 Å². The molecule has 1 aliphatic heterocycles. The monoisotopic (exact) mass is 290 g/mol. The van der Waals surface area contributed by atoms with Crippen molar-refractivity contribution in [2.24, 2.45) is 0 Å². The molecule has 4 heteroatoms. The van der Waals surface area contributed by atoms with Crippen LogP contribution in [0.3, 0.4) is 0 Å². The van der Waals surface area contributed by atoms with E-state index < -0.39 is 5.54 Å². The molecule has 1 aromatic carbocycles. The molecule has 1 aliphatic rings. The summed E-state index contributed by atoms with van der Waals surface area (Å²) in [6.07, 6.45) is 3.17. The lowest BCUT2D eigenvalue weighted by Gasteiger charge is -2.38. The Bertz CT molecular complexity index is 441. The molecule has 1 unspecified atom stereocenters. The van der Waals surface area contributed by atoms with Crippen LogP contribution in [0.1, 0.15) is 31.7 Å². The van der Waals surface area contributed by atoms with Gasteiger partial charge in [-0.1, -0.05) is 30.3 Å². The Morgan fingerprint density at radius 2 is 2.10 bits per heavy atom. The number of carbonyl (C=O) groups excluding carboxylic acids is 1. The molecular formula is C17H26N2O2. The largest absolute Gasteiger partial charge is 0.383 e. The van der Waals surface area contributed by atoms with Crippen molar-refractivity contribution in [3.63, 3.8) is 0 Å². The lowest BCUT2D eigenvalue weighted by Crippen LogP contribution is -2.58. The van der Waals surface area contributed by atoms with E-state index in [0.717, 1.165) is 31.4 Å². The predicted molar refractivity (Wildman–Crippen MR) is 84.0 cm³/mol. The fourth-order valence-corrected chi connectivity index (χ4v) is 2.85. The molecule has 0 radical (unpaired) electrons. The first kappa shape index (κ1) is 16.0. The summed E-state index contributed by atoms with van der Waals surface area (Å²) in [5, 5.41) is 3.41. The third kappa shape index (κ3) is 4.29. The summed E-state index contributed by atoms with van der Waals surface area (Å²) in [4.78, 5) is 14.9. The van der Waals surface area contributed by atoms with Gasteiger partial charge in [-0.05, 0) is 38.3 Å². The summed E-state index contributed by atoms with van der Waals surface area (Å²) >= 11 is 0. The van der Waals surface area contributed by atoms with Crippen molar-refractivity contribution in [3.05, 3.63) is 35.9 Å². The Morgan fingerprint density at radius 1 is 1.33 bits per heavy atom. The van der Waals surface area contributed by atoms with E-state index in [-0.39, 0.29) is 5.91 Å². The highest BCUT2D eigenvalue weighted by Crippen LogP contribution is 2.22. The van der Waals surface area contributed by atoms with Crippen LogP contribution in [0.2, 0.25) is 0 Å². The number of piperidine rings is 1. The minimum absolute atomic E-state index is 0.183. The lowest BCUT2D eigenvalue weighted by molar-refractivity contribution is -0.140. The standard InChI is InChI=1S/C17H26N2O2/c1-17(10-6-7-11-18-17)16(20)19(12-13-21-2)14-15-8-4-3-5-9-15/h3-5,8-9,18H,6-7,10-14H2,1-2H3. The van der Waals surface area contributed by atoms with Gasteiger partial charge in [0.15, 0.2) is 0 Å². The van der Waals surface area contributed by atoms with Gasteiger partial charge in [0.25, 0.3) is 0 Å². The summed E-state index contributed by atoms with van der Waals surface area (Å²) in [6, 6.07) is 10.1. The van der Waals surface area contributed by atoms with Crippen molar-refractivity contribution in [2.45, 2.75) is 38.3 Å². The minimum atomic E-state index is -0.430. The molecule has 21 heavy (non-hydrogen) atoms. The van der Waals surface area contributed by atoms with E-state index >= 15 is 0 Å². The Kier molecular flexibility index (Phi) is 5.76. The number of hydrogen-bond acceptors (Lipinski definition) is 3. The van der Waals surface area contributed by atoms with Crippen LogP contribution in [-0.4, -0.2) is 43.2 Å². The van der Waals surface area contributed by atoms with Gasteiger partial charge in [-0.15, -0.1) is 0 Å². The van der Waals surface area contributed by atoms with Gasteiger partial charge in [0.1, 0.15) is 0 Å². The van der Waals surface area contributed by atoms with Crippen LogP contribution < -0.4 is 5.32 Å². The molecule has 1 fully saturated rings. The number of amides is 1. The van der Waals surface area contributed by atoms with Gasteiger partial charge in [-0.2, -0.15) is 0 Å². The third-order valence-corrected chi connectivity index (χ3v) is 4.16. The maximum atomic E-state index is 12.9.